The van der Waals surface area contributed by atoms with Crippen LogP contribution in [0.15, 0.2) is 59.6 Å². The number of aliphatic hydroxyl groups is 1. The van der Waals surface area contributed by atoms with Crippen LogP contribution in [0.3, 0.4) is 0 Å². The minimum absolute atomic E-state index is 0.0235. The lowest BCUT2D eigenvalue weighted by Gasteiger charge is -2.22. The molecule has 8 N–H and O–H groups in total. The summed E-state index contributed by atoms with van der Waals surface area (Å²) >= 11 is 5.81. The number of guanidine groups is 1. The highest BCUT2D eigenvalue weighted by molar-refractivity contribution is 6.31. The van der Waals surface area contributed by atoms with Crippen molar-refractivity contribution in [2.75, 3.05) is 18.0 Å². The van der Waals surface area contributed by atoms with Gasteiger partial charge in [-0.3, -0.25) is 15.1 Å². The average molecular weight is 580 g/mol. The zero-order valence-corrected chi connectivity index (χ0v) is 24.6. The number of amides is 1. The van der Waals surface area contributed by atoms with Gasteiger partial charge in [0.05, 0.1) is 6.10 Å². The van der Waals surface area contributed by atoms with Crippen LogP contribution in [-0.2, 0) is 12.8 Å². The van der Waals surface area contributed by atoms with E-state index in [4.69, 9.17) is 28.8 Å². The smallest absolute Gasteiger partial charge is 0.280 e. The Morgan fingerprint density at radius 1 is 0.951 bits per heavy atom. The molecule has 9 nitrogen and oxygen atoms in total. The summed E-state index contributed by atoms with van der Waals surface area (Å²) in [7, 11) is 0. The number of hydrogen-bond acceptors (Lipinski definition) is 7. The number of nitrogens with two attached hydrogens (primary N) is 3. The van der Waals surface area contributed by atoms with Crippen LogP contribution in [-0.4, -0.2) is 33.5 Å². The molecule has 3 aromatic rings. The Balaban J connectivity index is 1.31. The summed E-state index contributed by atoms with van der Waals surface area (Å²) in [4.78, 5) is 24.1. The molecule has 2 aromatic carbocycles. The summed E-state index contributed by atoms with van der Waals surface area (Å²) in [5, 5.41) is 13.0. The van der Waals surface area contributed by atoms with E-state index in [0.717, 1.165) is 50.5 Å². The summed E-state index contributed by atoms with van der Waals surface area (Å²) in [5.41, 5.74) is 20.5. The van der Waals surface area contributed by atoms with E-state index in [1.54, 1.807) is 0 Å². The van der Waals surface area contributed by atoms with Gasteiger partial charge in [-0.2, -0.15) is 0 Å². The number of aliphatic imine (C=N–C) groups is 1. The second kappa shape index (κ2) is 15.9. The minimum atomic E-state index is -0.649. The fraction of sp³-hybridized carbons (Fsp3) is 0.419. The van der Waals surface area contributed by atoms with E-state index in [1.807, 2.05) is 30.3 Å². The molecule has 0 spiro atoms. The first-order valence-electron chi connectivity index (χ1n) is 14.1. The van der Waals surface area contributed by atoms with E-state index < -0.39 is 12.0 Å². The molecule has 0 aliphatic heterocycles. The molecule has 41 heavy (non-hydrogen) atoms. The van der Waals surface area contributed by atoms with Gasteiger partial charge in [-0.05, 0) is 67.1 Å². The minimum Gasteiger partial charge on any atom is -0.388 e. The largest absolute Gasteiger partial charge is 0.388 e. The predicted molar refractivity (Wildman–Crippen MR) is 166 cm³/mol. The first-order chi connectivity index (χ1) is 19.6. The highest BCUT2D eigenvalue weighted by atomic mass is 35.5. The van der Waals surface area contributed by atoms with Gasteiger partial charge >= 0.3 is 0 Å². The van der Waals surface area contributed by atoms with Crippen LogP contribution < -0.4 is 22.5 Å². The summed E-state index contributed by atoms with van der Waals surface area (Å²) in [6.07, 6.45) is 6.64. The number of benzene rings is 2. The Morgan fingerprint density at radius 3 is 2.24 bits per heavy atom. The van der Waals surface area contributed by atoms with Crippen molar-refractivity contribution in [3.8, 4) is 0 Å². The molecule has 10 heteroatoms. The summed E-state index contributed by atoms with van der Waals surface area (Å²) in [5.74, 6) is -0.0626. The number of carbonyl (C=O) groups excluding carboxylic acids is 1. The van der Waals surface area contributed by atoms with Crippen molar-refractivity contribution in [3.63, 3.8) is 0 Å². The van der Waals surface area contributed by atoms with Crippen LogP contribution in [0.1, 0.15) is 79.2 Å². The molecule has 0 aliphatic carbocycles. The third-order valence-electron chi connectivity index (χ3n) is 7.16. The molecule has 1 amide bonds. The average Bonchev–Trinajstić information content (AvgIpc) is 2.95. The number of nitrogens with zero attached hydrogens (tertiary/aromatic N) is 3. The number of nitrogen functional groups attached to an aromatic ring is 2. The van der Waals surface area contributed by atoms with E-state index in [2.05, 4.69) is 58.4 Å². The van der Waals surface area contributed by atoms with Crippen molar-refractivity contribution in [3.05, 3.63) is 82.1 Å². The van der Waals surface area contributed by atoms with Gasteiger partial charge in [0, 0.05) is 6.54 Å². The number of aromatic nitrogens is 2. The normalized spacial score (nSPS) is 13.9. The lowest BCUT2D eigenvalue weighted by Crippen LogP contribution is -2.38. The highest BCUT2D eigenvalue weighted by Crippen LogP contribution is 2.28. The molecule has 0 unspecified atom stereocenters. The second-order valence-corrected chi connectivity index (χ2v) is 11.1. The van der Waals surface area contributed by atoms with Gasteiger partial charge in [0.15, 0.2) is 28.4 Å². The summed E-state index contributed by atoms with van der Waals surface area (Å²) < 4.78 is 0. The third kappa shape index (κ3) is 10.3. The van der Waals surface area contributed by atoms with Crippen LogP contribution >= 0.6 is 11.6 Å². The molecule has 3 rings (SSSR count). The van der Waals surface area contributed by atoms with Gasteiger partial charge < -0.3 is 22.3 Å². The van der Waals surface area contributed by atoms with Crippen LogP contribution in [0.2, 0.25) is 5.15 Å². The molecule has 0 aliphatic rings. The quantitative estimate of drug-likeness (QED) is 0.101. The maximum absolute atomic E-state index is 12.3. The van der Waals surface area contributed by atoms with Crippen molar-refractivity contribution in [1.82, 2.24) is 15.3 Å². The Kier molecular flexibility index (Phi) is 12.4. The van der Waals surface area contributed by atoms with E-state index in [-0.39, 0.29) is 34.4 Å². The number of aryl methyl sites for hydroxylation is 2. The molecule has 0 saturated heterocycles. The first-order valence-corrected chi connectivity index (χ1v) is 14.5. The number of unbranched alkanes of at least 4 members (excludes halogenated alkanes) is 1. The second-order valence-electron chi connectivity index (χ2n) is 10.7. The number of halogens is 1. The fourth-order valence-electron chi connectivity index (χ4n) is 4.85. The van der Waals surface area contributed by atoms with Gasteiger partial charge in [0.1, 0.15) is 0 Å². The summed E-state index contributed by atoms with van der Waals surface area (Å²) in [6, 6.07) is 18.7. The Labute approximate surface area is 247 Å². The SMILES string of the molecule is C[C@@H](CCCc1ccc(CCCCN=C(N)NC(=O)c2nc(Cl)c(N)nc2N)cc1)C[C@@H](C)[C@H](O)c1ccccc1. The van der Waals surface area contributed by atoms with Gasteiger partial charge in [0.25, 0.3) is 5.91 Å². The first kappa shape index (κ1) is 31.8. The molecular weight excluding hydrogens is 538 g/mol. The molecule has 0 bridgehead atoms. The fourth-order valence-corrected chi connectivity index (χ4v) is 4.98. The van der Waals surface area contributed by atoms with Crippen molar-refractivity contribution >= 4 is 35.1 Å². The molecule has 0 saturated carbocycles. The zero-order valence-electron chi connectivity index (χ0n) is 23.9. The maximum Gasteiger partial charge on any atom is 0.280 e. The van der Waals surface area contributed by atoms with Gasteiger partial charge in [-0.1, -0.05) is 86.5 Å². The lowest BCUT2D eigenvalue weighted by molar-refractivity contribution is 0.0972. The molecule has 1 heterocycles. The molecule has 0 fully saturated rings. The number of carbonyl (C=O) groups is 1. The van der Waals surface area contributed by atoms with Crippen LogP contribution in [0.4, 0.5) is 11.6 Å². The predicted octanol–water partition coefficient (Wildman–Crippen LogP) is 5.08. The van der Waals surface area contributed by atoms with E-state index >= 15 is 0 Å². The number of rotatable bonds is 14. The molecule has 0 radical (unpaired) electrons. The third-order valence-corrected chi connectivity index (χ3v) is 7.43. The van der Waals surface area contributed by atoms with Crippen molar-refractivity contribution in [2.24, 2.45) is 22.6 Å². The Bertz CT molecular complexity index is 1290. The van der Waals surface area contributed by atoms with Crippen molar-refractivity contribution < 1.29 is 9.90 Å². The van der Waals surface area contributed by atoms with Crippen LogP contribution in [0.25, 0.3) is 0 Å². The number of nitrogens with one attached hydrogen (secondary N) is 1. The van der Waals surface area contributed by atoms with E-state index in [0.29, 0.717) is 12.5 Å². The van der Waals surface area contributed by atoms with Gasteiger partial charge in [-0.15, -0.1) is 0 Å². The molecule has 220 valence electrons. The van der Waals surface area contributed by atoms with Gasteiger partial charge in [-0.25, -0.2) is 9.97 Å². The summed E-state index contributed by atoms with van der Waals surface area (Å²) in [6.45, 7) is 4.90. The standard InChI is InChI=1S/C31H42ClN7O2/c1-20(19-21(2)26(40)24-12-4-3-5-13-24)9-8-11-23-16-14-22(15-17-23)10-6-7-18-36-31(35)39-30(41)25-28(33)38-29(34)27(32)37-25/h3-5,12-17,20-21,26,40H,6-11,18-19H2,1-2H3,(H4,33,34,38)(H3,35,36,39,41)/t20-,21+,26-/m0/s1. The number of aliphatic hydroxyl groups excluding tert-OH is 1. The lowest BCUT2D eigenvalue weighted by atomic mass is 9.87. The van der Waals surface area contributed by atoms with Crippen LogP contribution in [0.5, 0.6) is 0 Å². The van der Waals surface area contributed by atoms with E-state index in [9.17, 15) is 9.90 Å². The monoisotopic (exact) mass is 579 g/mol. The number of hydrogen-bond donors (Lipinski definition) is 5. The molecule has 1 aromatic heterocycles. The van der Waals surface area contributed by atoms with Crippen LogP contribution in [0, 0.1) is 11.8 Å². The van der Waals surface area contributed by atoms with Gasteiger partial charge in [0.2, 0.25) is 0 Å². The van der Waals surface area contributed by atoms with Crippen molar-refractivity contribution in [1.29, 1.82) is 0 Å². The van der Waals surface area contributed by atoms with E-state index in [1.165, 1.54) is 11.1 Å². The van der Waals surface area contributed by atoms with Crippen molar-refractivity contribution in [2.45, 2.75) is 64.9 Å². The molecular formula is C31H42ClN7O2. The zero-order chi connectivity index (χ0) is 29.8. The highest BCUT2D eigenvalue weighted by Gasteiger charge is 2.19. The maximum atomic E-state index is 12.3. The number of anilines is 2. The topological polar surface area (TPSA) is 166 Å². The Morgan fingerprint density at radius 2 is 1.59 bits per heavy atom. The Hall–Kier alpha value is -3.69. The molecule has 3 atom stereocenters.